The predicted octanol–water partition coefficient (Wildman–Crippen LogP) is 4.09. The van der Waals surface area contributed by atoms with Gasteiger partial charge in [-0.3, -0.25) is 4.57 Å². The number of benzene rings is 2. The van der Waals surface area contributed by atoms with Crippen LogP contribution >= 0.6 is 11.6 Å². The Labute approximate surface area is 155 Å². The van der Waals surface area contributed by atoms with Gasteiger partial charge >= 0.3 is 5.69 Å². The highest BCUT2D eigenvalue weighted by Crippen LogP contribution is 2.19. The Bertz CT molecular complexity index is 1150. The predicted molar refractivity (Wildman–Crippen MR) is 104 cm³/mol. The summed E-state index contributed by atoms with van der Waals surface area (Å²) < 4.78 is 3.16. The fourth-order valence-electron chi connectivity index (χ4n) is 3.19. The van der Waals surface area contributed by atoms with E-state index < -0.39 is 0 Å². The van der Waals surface area contributed by atoms with Crippen LogP contribution in [-0.2, 0) is 13.0 Å². The molecule has 0 aliphatic rings. The first-order valence-corrected chi connectivity index (χ1v) is 9.17. The van der Waals surface area contributed by atoms with E-state index in [9.17, 15) is 4.79 Å². The van der Waals surface area contributed by atoms with Crippen LogP contribution in [0.15, 0.2) is 53.3 Å². The number of fused-ring (bicyclic) bond motifs is 3. The van der Waals surface area contributed by atoms with Gasteiger partial charge < -0.3 is 0 Å². The Morgan fingerprint density at radius 3 is 2.77 bits per heavy atom. The second kappa shape index (κ2) is 6.92. The van der Waals surface area contributed by atoms with Gasteiger partial charge in [0.15, 0.2) is 11.5 Å². The first kappa shape index (κ1) is 16.8. The van der Waals surface area contributed by atoms with Crippen molar-refractivity contribution in [3.05, 3.63) is 75.4 Å². The average molecular weight is 367 g/mol. The lowest BCUT2D eigenvalue weighted by Crippen LogP contribution is -2.28. The topological polar surface area (TPSA) is 52.2 Å². The molecule has 0 aliphatic carbocycles. The van der Waals surface area contributed by atoms with Crippen molar-refractivity contribution >= 4 is 28.2 Å². The van der Waals surface area contributed by atoms with Gasteiger partial charge in [-0.05, 0) is 36.2 Å². The van der Waals surface area contributed by atoms with E-state index >= 15 is 0 Å². The van der Waals surface area contributed by atoms with E-state index in [1.165, 1.54) is 4.52 Å². The van der Waals surface area contributed by atoms with Gasteiger partial charge in [0, 0.05) is 16.8 Å². The summed E-state index contributed by atoms with van der Waals surface area (Å²) in [6.07, 6.45) is 2.85. The number of hydrogen-bond acceptors (Lipinski definition) is 3. The minimum atomic E-state index is -0.186. The number of para-hydroxylation sites is 1. The first-order valence-electron chi connectivity index (χ1n) is 8.79. The molecule has 0 N–H and O–H groups in total. The molecule has 6 heteroatoms. The van der Waals surface area contributed by atoms with Crippen molar-refractivity contribution in [2.45, 2.75) is 32.7 Å². The minimum Gasteiger partial charge on any atom is -0.287 e. The molecule has 2 aromatic heterocycles. The zero-order valence-corrected chi connectivity index (χ0v) is 15.3. The molecule has 2 aromatic carbocycles. The maximum absolute atomic E-state index is 13.1. The van der Waals surface area contributed by atoms with Gasteiger partial charge in [-0.2, -0.15) is 4.52 Å². The minimum absolute atomic E-state index is 0.186. The molecule has 0 fully saturated rings. The van der Waals surface area contributed by atoms with Crippen LogP contribution < -0.4 is 5.69 Å². The Balaban J connectivity index is 1.93. The number of unbranched alkanes of at least 4 members (excludes halogenated alkanes) is 1. The second-order valence-electron chi connectivity index (χ2n) is 6.38. The molecular formula is C20H19ClN4O. The molecular weight excluding hydrogens is 348 g/mol. The van der Waals surface area contributed by atoms with Crippen LogP contribution in [0.1, 0.15) is 31.2 Å². The molecule has 0 atom stereocenters. The van der Waals surface area contributed by atoms with Crippen molar-refractivity contribution in [1.29, 1.82) is 0 Å². The Morgan fingerprint density at radius 2 is 1.96 bits per heavy atom. The molecule has 0 unspecified atom stereocenters. The zero-order chi connectivity index (χ0) is 18.1. The summed E-state index contributed by atoms with van der Waals surface area (Å²) in [5.41, 5.74) is 2.25. The van der Waals surface area contributed by atoms with Gasteiger partial charge in [0.25, 0.3) is 0 Å². The van der Waals surface area contributed by atoms with E-state index in [0.29, 0.717) is 17.2 Å². The Hall–Kier alpha value is -2.66. The molecule has 26 heavy (non-hydrogen) atoms. The number of rotatable bonds is 5. The van der Waals surface area contributed by atoms with Gasteiger partial charge in [-0.15, -0.1) is 5.10 Å². The molecule has 0 saturated heterocycles. The maximum atomic E-state index is 13.1. The van der Waals surface area contributed by atoms with E-state index in [-0.39, 0.29) is 5.69 Å². The van der Waals surface area contributed by atoms with Crippen molar-refractivity contribution in [1.82, 2.24) is 19.2 Å². The number of hydrogen-bond donors (Lipinski definition) is 0. The quantitative estimate of drug-likeness (QED) is 0.534. The van der Waals surface area contributed by atoms with Crippen LogP contribution in [-0.4, -0.2) is 19.2 Å². The number of nitrogens with zero attached hydrogens (tertiary/aromatic N) is 4. The third-order valence-electron chi connectivity index (χ3n) is 4.48. The Morgan fingerprint density at radius 1 is 1.12 bits per heavy atom. The lowest BCUT2D eigenvalue weighted by Gasteiger charge is -2.11. The molecule has 0 amide bonds. The van der Waals surface area contributed by atoms with Gasteiger partial charge in [0.1, 0.15) is 0 Å². The van der Waals surface area contributed by atoms with Crippen LogP contribution in [0.2, 0.25) is 5.02 Å². The number of aromatic nitrogens is 4. The van der Waals surface area contributed by atoms with E-state index in [1.807, 2.05) is 48.5 Å². The molecule has 4 aromatic rings. The van der Waals surface area contributed by atoms with E-state index in [0.717, 1.165) is 41.6 Å². The molecule has 5 nitrogen and oxygen atoms in total. The summed E-state index contributed by atoms with van der Waals surface area (Å²) in [6, 6.07) is 15.4. The summed E-state index contributed by atoms with van der Waals surface area (Å²) in [5, 5.41) is 6.04. The van der Waals surface area contributed by atoms with Crippen LogP contribution in [0.25, 0.3) is 16.6 Å². The van der Waals surface area contributed by atoms with Gasteiger partial charge in [0.05, 0.1) is 12.1 Å². The van der Waals surface area contributed by atoms with Gasteiger partial charge in [0.2, 0.25) is 0 Å². The van der Waals surface area contributed by atoms with Crippen LogP contribution in [0.4, 0.5) is 0 Å². The largest absolute Gasteiger partial charge is 0.351 e. The molecule has 0 radical (unpaired) electrons. The number of aryl methyl sites for hydroxylation is 1. The second-order valence-corrected chi connectivity index (χ2v) is 6.82. The fraction of sp³-hybridized carbons (Fsp3) is 0.250. The summed E-state index contributed by atoms with van der Waals surface area (Å²) in [5.74, 6) is 0.717. The van der Waals surface area contributed by atoms with Crippen LogP contribution in [0.3, 0.4) is 0 Å². The molecule has 0 spiro atoms. The molecule has 4 rings (SSSR count). The fourth-order valence-corrected chi connectivity index (χ4v) is 3.40. The molecule has 132 valence electrons. The molecule has 2 heterocycles. The van der Waals surface area contributed by atoms with Crippen molar-refractivity contribution in [2.24, 2.45) is 0 Å². The zero-order valence-electron chi connectivity index (χ0n) is 14.5. The van der Waals surface area contributed by atoms with Gasteiger partial charge in [-0.25, -0.2) is 9.78 Å². The van der Waals surface area contributed by atoms with Crippen molar-refractivity contribution < 1.29 is 0 Å². The highest BCUT2D eigenvalue weighted by atomic mass is 35.5. The summed E-state index contributed by atoms with van der Waals surface area (Å²) in [6.45, 7) is 2.56. The monoisotopic (exact) mass is 366 g/mol. The molecule has 0 aliphatic heterocycles. The summed E-state index contributed by atoms with van der Waals surface area (Å²) in [4.78, 5) is 17.7. The van der Waals surface area contributed by atoms with E-state index in [2.05, 4.69) is 17.0 Å². The SMILES string of the molecule is CCCCc1nc2c3ccccc3n(Cc3cccc(Cl)c3)c(=O)n2n1. The lowest BCUT2D eigenvalue weighted by molar-refractivity contribution is 0.697. The summed E-state index contributed by atoms with van der Waals surface area (Å²) in [7, 11) is 0. The summed E-state index contributed by atoms with van der Waals surface area (Å²) >= 11 is 6.10. The van der Waals surface area contributed by atoms with Gasteiger partial charge in [-0.1, -0.05) is 49.2 Å². The average Bonchev–Trinajstić information content (AvgIpc) is 3.08. The molecule has 0 saturated carbocycles. The van der Waals surface area contributed by atoms with Crippen LogP contribution in [0.5, 0.6) is 0 Å². The highest BCUT2D eigenvalue weighted by molar-refractivity contribution is 6.30. The highest BCUT2D eigenvalue weighted by Gasteiger charge is 2.15. The van der Waals surface area contributed by atoms with Crippen molar-refractivity contribution in [3.63, 3.8) is 0 Å². The van der Waals surface area contributed by atoms with Crippen LogP contribution in [0, 0.1) is 0 Å². The normalized spacial score (nSPS) is 11.5. The van der Waals surface area contributed by atoms with E-state index in [4.69, 9.17) is 11.6 Å². The Kier molecular flexibility index (Phi) is 4.47. The third-order valence-corrected chi connectivity index (χ3v) is 4.72. The van der Waals surface area contributed by atoms with Crippen molar-refractivity contribution in [2.75, 3.05) is 0 Å². The standard InChI is InChI=1S/C20H19ClN4O/c1-2-3-11-18-22-19-16-9-4-5-10-17(16)24(20(26)25(19)23-18)13-14-7-6-8-15(21)12-14/h4-10,12H,2-3,11,13H2,1H3. The van der Waals surface area contributed by atoms with E-state index in [1.54, 1.807) is 4.57 Å². The maximum Gasteiger partial charge on any atom is 0.351 e. The smallest absolute Gasteiger partial charge is 0.287 e. The first-order chi connectivity index (χ1) is 12.7. The van der Waals surface area contributed by atoms with Crippen molar-refractivity contribution in [3.8, 4) is 0 Å². The number of halogens is 1. The third kappa shape index (κ3) is 2.99. The lowest BCUT2D eigenvalue weighted by atomic mass is 10.2. The molecule has 0 bridgehead atoms.